The van der Waals surface area contributed by atoms with Crippen LogP contribution in [0.25, 0.3) is 0 Å². The first kappa shape index (κ1) is 20.6. The van der Waals surface area contributed by atoms with Gasteiger partial charge in [0.1, 0.15) is 0 Å². The summed E-state index contributed by atoms with van der Waals surface area (Å²) in [6.07, 6.45) is -2.50. The molecule has 1 aromatic rings. The normalized spacial score (nSPS) is 20.5. The van der Waals surface area contributed by atoms with Crippen molar-refractivity contribution < 1.29 is 22.8 Å². The average Bonchev–Trinajstić information content (AvgIpc) is 2.58. The van der Waals surface area contributed by atoms with Crippen LogP contribution in [0.15, 0.2) is 24.3 Å². The largest absolute Gasteiger partial charge is 0.391 e. The number of amides is 2. The summed E-state index contributed by atoms with van der Waals surface area (Å²) < 4.78 is 38.3. The Morgan fingerprint density at radius 1 is 1.15 bits per heavy atom. The van der Waals surface area contributed by atoms with Crippen molar-refractivity contribution in [1.29, 1.82) is 0 Å². The fourth-order valence-corrected chi connectivity index (χ4v) is 3.20. The second-order valence-corrected chi connectivity index (χ2v) is 6.97. The van der Waals surface area contributed by atoms with E-state index >= 15 is 0 Å². The third kappa shape index (κ3) is 6.52. The Bertz CT molecular complexity index is 620. The molecule has 26 heavy (non-hydrogen) atoms. The van der Waals surface area contributed by atoms with Gasteiger partial charge in [0.05, 0.1) is 5.92 Å². The van der Waals surface area contributed by atoms with E-state index in [-0.39, 0.29) is 31.1 Å². The van der Waals surface area contributed by atoms with Gasteiger partial charge in [0, 0.05) is 29.6 Å². The van der Waals surface area contributed by atoms with E-state index in [0.717, 1.165) is 0 Å². The third-order valence-electron chi connectivity index (χ3n) is 4.47. The highest BCUT2D eigenvalue weighted by Crippen LogP contribution is 2.37. The number of rotatable bonds is 6. The minimum Gasteiger partial charge on any atom is -0.353 e. The van der Waals surface area contributed by atoms with Crippen LogP contribution in [0, 0.1) is 5.92 Å². The number of hydrogen-bond acceptors (Lipinski definition) is 2. The van der Waals surface area contributed by atoms with Gasteiger partial charge >= 0.3 is 6.18 Å². The van der Waals surface area contributed by atoms with Gasteiger partial charge in [0.25, 0.3) is 5.91 Å². The average molecular weight is 391 g/mol. The van der Waals surface area contributed by atoms with Crippen molar-refractivity contribution in [2.24, 2.45) is 5.92 Å². The maximum atomic E-state index is 12.8. The first-order valence-electron chi connectivity index (χ1n) is 8.65. The van der Waals surface area contributed by atoms with E-state index in [1.807, 2.05) is 0 Å². The zero-order valence-corrected chi connectivity index (χ0v) is 15.0. The molecule has 1 aliphatic rings. The number of hydrogen-bond donors (Lipinski definition) is 2. The summed E-state index contributed by atoms with van der Waals surface area (Å²) in [5.41, 5.74) is 0.472. The molecule has 2 atom stereocenters. The van der Waals surface area contributed by atoms with Gasteiger partial charge in [0.15, 0.2) is 0 Å². The summed E-state index contributed by atoms with van der Waals surface area (Å²) in [7, 11) is 0. The van der Waals surface area contributed by atoms with E-state index in [1.54, 1.807) is 24.3 Å². The second kappa shape index (κ2) is 9.26. The molecular weight excluding hydrogens is 369 g/mol. The molecule has 2 N–H and O–H groups in total. The number of alkyl halides is 3. The molecule has 0 aliphatic heterocycles. The van der Waals surface area contributed by atoms with Gasteiger partial charge in [-0.2, -0.15) is 13.2 Å². The predicted octanol–water partition coefficient (Wildman–Crippen LogP) is 4.09. The highest BCUT2D eigenvalue weighted by atomic mass is 35.5. The van der Waals surface area contributed by atoms with Crippen molar-refractivity contribution in [2.75, 3.05) is 6.54 Å². The standard InChI is InChI=1S/C18H22ClF3N2O2/c19-14-8-6-12(7-9-14)17(26)23-10-2-5-16(25)24-15-4-1-3-13(11-15)18(20,21)22/h6-9,13,15H,1-5,10-11H2,(H,23,26)(H,24,25). The van der Waals surface area contributed by atoms with Crippen LogP contribution in [0.5, 0.6) is 0 Å². The van der Waals surface area contributed by atoms with Crippen LogP contribution in [0.4, 0.5) is 13.2 Å². The molecule has 0 aromatic heterocycles. The van der Waals surface area contributed by atoms with E-state index < -0.39 is 18.1 Å². The molecule has 1 aromatic carbocycles. The van der Waals surface area contributed by atoms with Crippen LogP contribution in [0.2, 0.25) is 5.02 Å². The molecule has 1 aliphatic carbocycles. The van der Waals surface area contributed by atoms with Crippen LogP contribution in [-0.4, -0.2) is 30.6 Å². The van der Waals surface area contributed by atoms with Crippen molar-refractivity contribution in [2.45, 2.75) is 50.7 Å². The number of carbonyl (C=O) groups is 2. The summed E-state index contributed by atoms with van der Waals surface area (Å²) in [5.74, 6) is -1.87. The predicted molar refractivity (Wildman–Crippen MR) is 93.0 cm³/mol. The Morgan fingerprint density at radius 3 is 2.50 bits per heavy atom. The lowest BCUT2D eigenvalue weighted by Gasteiger charge is -2.31. The first-order valence-corrected chi connectivity index (χ1v) is 9.03. The number of carbonyl (C=O) groups excluding carboxylic acids is 2. The molecule has 2 amide bonds. The van der Waals surface area contributed by atoms with Gasteiger partial charge in [-0.3, -0.25) is 9.59 Å². The molecule has 144 valence electrons. The zero-order valence-electron chi connectivity index (χ0n) is 14.2. The van der Waals surface area contributed by atoms with Gasteiger partial charge in [-0.25, -0.2) is 0 Å². The van der Waals surface area contributed by atoms with Crippen LogP contribution in [0.3, 0.4) is 0 Å². The highest BCUT2D eigenvalue weighted by Gasteiger charge is 2.42. The van der Waals surface area contributed by atoms with Gasteiger partial charge in [0.2, 0.25) is 5.91 Å². The third-order valence-corrected chi connectivity index (χ3v) is 4.73. The van der Waals surface area contributed by atoms with Gasteiger partial charge in [-0.1, -0.05) is 18.0 Å². The molecule has 0 radical (unpaired) electrons. The first-order chi connectivity index (χ1) is 12.3. The summed E-state index contributed by atoms with van der Waals surface area (Å²) >= 11 is 5.75. The maximum Gasteiger partial charge on any atom is 0.391 e. The fraction of sp³-hybridized carbons (Fsp3) is 0.556. The summed E-state index contributed by atoms with van der Waals surface area (Å²) in [4.78, 5) is 23.8. The molecule has 0 heterocycles. The molecule has 2 unspecified atom stereocenters. The fourth-order valence-electron chi connectivity index (χ4n) is 3.07. The topological polar surface area (TPSA) is 58.2 Å². The second-order valence-electron chi connectivity index (χ2n) is 6.54. The molecular formula is C18H22ClF3N2O2. The van der Waals surface area contributed by atoms with E-state index in [1.165, 1.54) is 0 Å². The quantitative estimate of drug-likeness (QED) is 0.719. The van der Waals surface area contributed by atoms with Crippen LogP contribution in [0.1, 0.15) is 48.9 Å². The maximum absolute atomic E-state index is 12.8. The monoisotopic (exact) mass is 390 g/mol. The van der Waals surface area contributed by atoms with Crippen LogP contribution >= 0.6 is 11.6 Å². The Hall–Kier alpha value is -1.76. The van der Waals surface area contributed by atoms with E-state index in [4.69, 9.17) is 11.6 Å². The Morgan fingerprint density at radius 2 is 1.85 bits per heavy atom. The molecule has 1 fully saturated rings. The lowest BCUT2D eigenvalue weighted by atomic mass is 9.85. The molecule has 1 saturated carbocycles. The van der Waals surface area contributed by atoms with Crippen molar-refractivity contribution in [3.05, 3.63) is 34.9 Å². The molecule has 8 heteroatoms. The smallest absolute Gasteiger partial charge is 0.353 e. The van der Waals surface area contributed by atoms with Gasteiger partial charge in [-0.15, -0.1) is 0 Å². The van der Waals surface area contributed by atoms with Crippen molar-refractivity contribution in [1.82, 2.24) is 10.6 Å². The Kier molecular flexibility index (Phi) is 7.32. The van der Waals surface area contributed by atoms with E-state index in [0.29, 0.717) is 36.4 Å². The van der Waals surface area contributed by atoms with E-state index in [9.17, 15) is 22.8 Å². The van der Waals surface area contributed by atoms with Gasteiger partial charge in [-0.05, 0) is 49.9 Å². The molecule has 2 rings (SSSR count). The summed E-state index contributed by atoms with van der Waals surface area (Å²) in [5, 5.41) is 5.91. The van der Waals surface area contributed by atoms with Crippen LogP contribution < -0.4 is 10.6 Å². The number of nitrogens with one attached hydrogen (secondary N) is 2. The van der Waals surface area contributed by atoms with Crippen molar-refractivity contribution in [3.8, 4) is 0 Å². The van der Waals surface area contributed by atoms with Gasteiger partial charge < -0.3 is 10.6 Å². The van der Waals surface area contributed by atoms with Crippen molar-refractivity contribution >= 4 is 23.4 Å². The lowest BCUT2D eigenvalue weighted by molar-refractivity contribution is -0.184. The highest BCUT2D eigenvalue weighted by molar-refractivity contribution is 6.30. The Balaban J connectivity index is 1.66. The molecule has 4 nitrogen and oxygen atoms in total. The summed E-state index contributed by atoms with van der Waals surface area (Å²) in [6.45, 7) is 0.310. The van der Waals surface area contributed by atoms with Crippen molar-refractivity contribution in [3.63, 3.8) is 0 Å². The SMILES string of the molecule is O=C(CCCNC(=O)c1ccc(Cl)cc1)NC1CCCC(C(F)(F)F)C1. The minimum absolute atomic E-state index is 0.0530. The van der Waals surface area contributed by atoms with Crippen LogP contribution in [-0.2, 0) is 4.79 Å². The number of halogens is 4. The number of benzene rings is 1. The molecule has 0 saturated heterocycles. The molecule has 0 bridgehead atoms. The zero-order chi connectivity index (χ0) is 19.2. The van der Waals surface area contributed by atoms with E-state index in [2.05, 4.69) is 10.6 Å². The molecule has 0 spiro atoms. The minimum atomic E-state index is -4.20. The summed E-state index contributed by atoms with van der Waals surface area (Å²) in [6, 6.07) is 6.01. The lowest BCUT2D eigenvalue weighted by Crippen LogP contribution is -2.41. The Labute approximate surface area is 155 Å².